The highest BCUT2D eigenvalue weighted by Crippen LogP contribution is 2.33. The standard InChI is InChI=1S/C19H24N4O2/c1-4-6-12-23(5-2)13-16-20-21-19(24-16)17-14(3)25-22-18(17)15-10-8-7-9-11-15/h7-11H,4-6,12-13H2,1-3H3. The number of rotatable bonds is 8. The average Bonchev–Trinajstić information content (AvgIpc) is 3.25. The first-order valence-corrected chi connectivity index (χ1v) is 8.79. The lowest BCUT2D eigenvalue weighted by Gasteiger charge is -2.17. The van der Waals surface area contributed by atoms with Crippen molar-refractivity contribution in [3.63, 3.8) is 0 Å². The number of benzene rings is 1. The van der Waals surface area contributed by atoms with Crippen molar-refractivity contribution >= 4 is 0 Å². The molecule has 0 bridgehead atoms. The van der Waals surface area contributed by atoms with E-state index in [0.717, 1.165) is 36.3 Å². The lowest BCUT2D eigenvalue weighted by Crippen LogP contribution is -2.24. The smallest absolute Gasteiger partial charge is 0.253 e. The largest absolute Gasteiger partial charge is 0.419 e. The summed E-state index contributed by atoms with van der Waals surface area (Å²) in [6.07, 6.45) is 2.34. The number of hydrogen-bond donors (Lipinski definition) is 0. The summed E-state index contributed by atoms with van der Waals surface area (Å²) in [4.78, 5) is 2.30. The molecule has 0 amide bonds. The molecule has 0 fully saturated rings. The van der Waals surface area contributed by atoms with Crippen molar-refractivity contribution in [3.8, 4) is 22.7 Å². The molecule has 132 valence electrons. The van der Waals surface area contributed by atoms with Crippen LogP contribution in [0.5, 0.6) is 0 Å². The molecule has 0 aliphatic heterocycles. The van der Waals surface area contributed by atoms with E-state index in [0.29, 0.717) is 24.1 Å². The Kier molecular flexibility index (Phi) is 5.60. The van der Waals surface area contributed by atoms with Gasteiger partial charge in [-0.1, -0.05) is 55.8 Å². The Balaban J connectivity index is 1.84. The number of aromatic nitrogens is 3. The van der Waals surface area contributed by atoms with Gasteiger partial charge >= 0.3 is 0 Å². The molecular formula is C19H24N4O2. The molecule has 2 aromatic heterocycles. The van der Waals surface area contributed by atoms with Gasteiger partial charge in [0.15, 0.2) is 0 Å². The summed E-state index contributed by atoms with van der Waals surface area (Å²) in [7, 11) is 0. The molecule has 0 N–H and O–H groups in total. The van der Waals surface area contributed by atoms with Crippen LogP contribution in [-0.4, -0.2) is 33.3 Å². The van der Waals surface area contributed by atoms with Gasteiger partial charge in [0.25, 0.3) is 5.89 Å². The third kappa shape index (κ3) is 3.96. The summed E-state index contributed by atoms with van der Waals surface area (Å²) in [6, 6.07) is 9.88. The summed E-state index contributed by atoms with van der Waals surface area (Å²) in [5.41, 5.74) is 2.46. The maximum absolute atomic E-state index is 5.92. The van der Waals surface area contributed by atoms with E-state index in [1.807, 2.05) is 37.3 Å². The molecule has 0 radical (unpaired) electrons. The molecule has 0 saturated carbocycles. The van der Waals surface area contributed by atoms with E-state index in [2.05, 4.69) is 34.1 Å². The minimum Gasteiger partial charge on any atom is -0.419 e. The van der Waals surface area contributed by atoms with Crippen LogP contribution in [0.15, 0.2) is 39.3 Å². The summed E-state index contributed by atoms with van der Waals surface area (Å²) in [6.45, 7) is 8.85. The quantitative estimate of drug-likeness (QED) is 0.608. The maximum Gasteiger partial charge on any atom is 0.253 e. The van der Waals surface area contributed by atoms with E-state index in [4.69, 9.17) is 8.94 Å². The van der Waals surface area contributed by atoms with Crippen molar-refractivity contribution in [2.75, 3.05) is 13.1 Å². The van der Waals surface area contributed by atoms with Crippen molar-refractivity contribution in [2.24, 2.45) is 0 Å². The van der Waals surface area contributed by atoms with E-state index in [1.54, 1.807) is 0 Å². The second-order valence-corrected chi connectivity index (χ2v) is 6.05. The van der Waals surface area contributed by atoms with Gasteiger partial charge in [-0.2, -0.15) is 0 Å². The van der Waals surface area contributed by atoms with Gasteiger partial charge in [-0.25, -0.2) is 0 Å². The normalized spacial score (nSPS) is 11.4. The minimum atomic E-state index is 0.458. The van der Waals surface area contributed by atoms with Crippen molar-refractivity contribution in [1.29, 1.82) is 0 Å². The summed E-state index contributed by atoms with van der Waals surface area (Å²) in [5, 5.41) is 12.6. The molecule has 0 spiro atoms. The molecule has 0 unspecified atom stereocenters. The molecule has 0 saturated heterocycles. The molecule has 6 heteroatoms. The monoisotopic (exact) mass is 340 g/mol. The highest BCUT2D eigenvalue weighted by atomic mass is 16.5. The zero-order chi connectivity index (χ0) is 17.6. The lowest BCUT2D eigenvalue weighted by atomic mass is 10.1. The predicted octanol–water partition coefficient (Wildman–Crippen LogP) is 4.32. The third-order valence-electron chi connectivity index (χ3n) is 4.22. The highest BCUT2D eigenvalue weighted by Gasteiger charge is 2.22. The topological polar surface area (TPSA) is 68.2 Å². The fourth-order valence-corrected chi connectivity index (χ4v) is 2.76. The van der Waals surface area contributed by atoms with E-state index < -0.39 is 0 Å². The highest BCUT2D eigenvalue weighted by molar-refractivity contribution is 5.77. The van der Waals surface area contributed by atoms with Gasteiger partial charge in [-0.05, 0) is 26.4 Å². The first-order valence-electron chi connectivity index (χ1n) is 8.79. The Hall–Kier alpha value is -2.47. The molecule has 0 atom stereocenters. The third-order valence-corrected chi connectivity index (χ3v) is 4.22. The molecule has 1 aromatic carbocycles. The van der Waals surface area contributed by atoms with Gasteiger partial charge in [-0.15, -0.1) is 10.2 Å². The molecule has 6 nitrogen and oxygen atoms in total. The zero-order valence-electron chi connectivity index (χ0n) is 15.0. The first-order chi connectivity index (χ1) is 12.2. The molecule has 0 aliphatic rings. The van der Waals surface area contributed by atoms with Crippen LogP contribution < -0.4 is 0 Å². The number of unbranched alkanes of at least 4 members (excludes halogenated alkanes) is 1. The van der Waals surface area contributed by atoms with Crippen molar-refractivity contribution in [3.05, 3.63) is 42.0 Å². The predicted molar refractivity (Wildman–Crippen MR) is 95.8 cm³/mol. The number of aryl methyl sites for hydroxylation is 1. The summed E-state index contributed by atoms with van der Waals surface area (Å²) < 4.78 is 11.3. The van der Waals surface area contributed by atoms with E-state index in [1.165, 1.54) is 6.42 Å². The Bertz CT molecular complexity index is 795. The minimum absolute atomic E-state index is 0.458. The number of hydrogen-bond acceptors (Lipinski definition) is 6. The molecule has 0 aliphatic carbocycles. The van der Waals surface area contributed by atoms with Crippen molar-refractivity contribution < 1.29 is 8.94 Å². The lowest BCUT2D eigenvalue weighted by molar-refractivity contribution is 0.248. The molecule has 3 rings (SSSR count). The average molecular weight is 340 g/mol. The van der Waals surface area contributed by atoms with Gasteiger partial charge in [0, 0.05) is 5.56 Å². The molecule has 3 aromatic rings. The molecule has 2 heterocycles. The maximum atomic E-state index is 5.92. The van der Waals surface area contributed by atoms with Gasteiger partial charge in [-0.3, -0.25) is 4.90 Å². The van der Waals surface area contributed by atoms with Gasteiger partial charge in [0.1, 0.15) is 17.0 Å². The van der Waals surface area contributed by atoms with E-state index >= 15 is 0 Å². The van der Waals surface area contributed by atoms with Crippen molar-refractivity contribution in [2.45, 2.75) is 40.2 Å². The Labute approximate surface area is 147 Å². The van der Waals surface area contributed by atoms with Crippen molar-refractivity contribution in [1.82, 2.24) is 20.3 Å². The van der Waals surface area contributed by atoms with Crippen LogP contribution in [0, 0.1) is 6.92 Å². The van der Waals surface area contributed by atoms with Gasteiger partial charge in [0.2, 0.25) is 5.89 Å². The first kappa shape index (κ1) is 17.4. The Morgan fingerprint density at radius 3 is 2.60 bits per heavy atom. The second kappa shape index (κ2) is 8.07. The van der Waals surface area contributed by atoms with E-state index in [9.17, 15) is 0 Å². The summed E-state index contributed by atoms with van der Waals surface area (Å²) >= 11 is 0. The second-order valence-electron chi connectivity index (χ2n) is 6.05. The van der Waals surface area contributed by atoms with Crippen LogP contribution >= 0.6 is 0 Å². The fourth-order valence-electron chi connectivity index (χ4n) is 2.76. The van der Waals surface area contributed by atoms with Crippen LogP contribution in [0.3, 0.4) is 0 Å². The van der Waals surface area contributed by atoms with Crippen LogP contribution in [0.25, 0.3) is 22.7 Å². The van der Waals surface area contributed by atoms with E-state index in [-0.39, 0.29) is 0 Å². The SMILES string of the molecule is CCCCN(CC)Cc1nnc(-c2c(-c3ccccc3)noc2C)o1. The summed E-state index contributed by atoms with van der Waals surface area (Å²) in [5.74, 6) is 1.75. The van der Waals surface area contributed by atoms with Gasteiger partial charge in [0.05, 0.1) is 6.54 Å². The molecule has 25 heavy (non-hydrogen) atoms. The number of nitrogens with zero attached hydrogens (tertiary/aromatic N) is 4. The van der Waals surface area contributed by atoms with Crippen LogP contribution in [0.1, 0.15) is 38.3 Å². The molecular weight excluding hydrogens is 316 g/mol. The Morgan fingerprint density at radius 1 is 1.08 bits per heavy atom. The van der Waals surface area contributed by atoms with Crippen LogP contribution in [0.2, 0.25) is 0 Å². The van der Waals surface area contributed by atoms with Crippen LogP contribution in [0.4, 0.5) is 0 Å². The van der Waals surface area contributed by atoms with Crippen LogP contribution in [-0.2, 0) is 6.54 Å². The fraction of sp³-hybridized carbons (Fsp3) is 0.421. The Morgan fingerprint density at radius 2 is 1.88 bits per heavy atom. The zero-order valence-corrected chi connectivity index (χ0v) is 15.0. The van der Waals surface area contributed by atoms with Gasteiger partial charge < -0.3 is 8.94 Å².